The number of hydrogen-bond donors (Lipinski definition) is 1. The first-order chi connectivity index (χ1) is 8.58. The fourth-order valence-corrected chi connectivity index (χ4v) is 2.15. The summed E-state index contributed by atoms with van der Waals surface area (Å²) in [7, 11) is 0. The van der Waals surface area contributed by atoms with Crippen LogP contribution in [0.5, 0.6) is 0 Å². The summed E-state index contributed by atoms with van der Waals surface area (Å²) < 4.78 is 26.5. The lowest BCUT2D eigenvalue weighted by molar-refractivity contribution is 0.401. The zero-order valence-corrected chi connectivity index (χ0v) is 11.5. The molecule has 0 radical (unpaired) electrons. The van der Waals surface area contributed by atoms with Crippen LogP contribution in [0.1, 0.15) is 58.1 Å². The third kappa shape index (κ3) is 4.37. The van der Waals surface area contributed by atoms with Crippen LogP contribution in [-0.4, -0.2) is 6.04 Å². The van der Waals surface area contributed by atoms with Crippen molar-refractivity contribution in [2.24, 2.45) is 0 Å². The standard InChI is InChI=1S/C15H23F2N/c1-4-6-7-13(5-2)18-11(3)14-9-8-12(16)10-15(14)17/h8-11,13,18H,4-7H2,1-3H3. The summed E-state index contributed by atoms with van der Waals surface area (Å²) in [6.07, 6.45) is 4.45. The highest BCUT2D eigenvalue weighted by Crippen LogP contribution is 2.19. The molecule has 18 heavy (non-hydrogen) atoms. The predicted octanol–water partition coefficient (Wildman–Crippen LogP) is 4.58. The lowest BCUT2D eigenvalue weighted by atomic mass is 10.0. The molecule has 0 fully saturated rings. The maximum Gasteiger partial charge on any atom is 0.130 e. The van der Waals surface area contributed by atoms with Gasteiger partial charge in [-0.15, -0.1) is 0 Å². The van der Waals surface area contributed by atoms with Crippen molar-refractivity contribution in [2.75, 3.05) is 0 Å². The highest BCUT2D eigenvalue weighted by molar-refractivity contribution is 5.21. The molecule has 1 rings (SSSR count). The molecule has 0 heterocycles. The first-order valence-electron chi connectivity index (χ1n) is 6.79. The van der Waals surface area contributed by atoms with Crippen LogP contribution in [0, 0.1) is 11.6 Å². The number of hydrogen-bond acceptors (Lipinski definition) is 1. The van der Waals surface area contributed by atoms with Gasteiger partial charge in [0.15, 0.2) is 0 Å². The second-order valence-electron chi connectivity index (χ2n) is 4.80. The van der Waals surface area contributed by atoms with E-state index in [0.717, 1.165) is 25.3 Å². The van der Waals surface area contributed by atoms with Gasteiger partial charge in [0.1, 0.15) is 11.6 Å². The monoisotopic (exact) mass is 255 g/mol. The molecular weight excluding hydrogens is 232 g/mol. The maximum atomic E-state index is 13.6. The van der Waals surface area contributed by atoms with E-state index in [1.165, 1.54) is 18.6 Å². The van der Waals surface area contributed by atoms with Gasteiger partial charge in [0.05, 0.1) is 0 Å². The van der Waals surface area contributed by atoms with Gasteiger partial charge in [0.25, 0.3) is 0 Å². The van der Waals surface area contributed by atoms with E-state index in [0.29, 0.717) is 11.6 Å². The number of halogens is 2. The van der Waals surface area contributed by atoms with E-state index in [2.05, 4.69) is 19.2 Å². The van der Waals surface area contributed by atoms with E-state index < -0.39 is 11.6 Å². The Morgan fingerprint density at radius 3 is 2.50 bits per heavy atom. The Bertz CT molecular complexity index is 366. The van der Waals surface area contributed by atoms with Gasteiger partial charge in [-0.1, -0.05) is 32.8 Å². The highest BCUT2D eigenvalue weighted by Gasteiger charge is 2.15. The van der Waals surface area contributed by atoms with Gasteiger partial charge in [-0.2, -0.15) is 0 Å². The number of benzene rings is 1. The first-order valence-corrected chi connectivity index (χ1v) is 6.79. The molecule has 0 aliphatic carbocycles. The van der Waals surface area contributed by atoms with E-state index >= 15 is 0 Å². The van der Waals surface area contributed by atoms with Gasteiger partial charge in [-0.3, -0.25) is 0 Å². The van der Waals surface area contributed by atoms with Crippen molar-refractivity contribution in [3.05, 3.63) is 35.4 Å². The summed E-state index contributed by atoms with van der Waals surface area (Å²) in [4.78, 5) is 0. The smallest absolute Gasteiger partial charge is 0.130 e. The van der Waals surface area contributed by atoms with Gasteiger partial charge in [-0.05, 0) is 25.8 Å². The second-order valence-corrected chi connectivity index (χ2v) is 4.80. The largest absolute Gasteiger partial charge is 0.307 e. The van der Waals surface area contributed by atoms with Crippen LogP contribution in [0.3, 0.4) is 0 Å². The molecular formula is C15H23F2N. The normalized spacial score (nSPS) is 14.5. The quantitative estimate of drug-likeness (QED) is 0.751. The molecule has 0 spiro atoms. The summed E-state index contributed by atoms with van der Waals surface area (Å²) in [6.45, 7) is 6.21. The Morgan fingerprint density at radius 1 is 1.22 bits per heavy atom. The van der Waals surface area contributed by atoms with E-state index in [-0.39, 0.29) is 6.04 Å². The first kappa shape index (κ1) is 15.1. The predicted molar refractivity (Wildman–Crippen MR) is 71.5 cm³/mol. The molecule has 0 saturated heterocycles. The Hall–Kier alpha value is -0.960. The van der Waals surface area contributed by atoms with Crippen molar-refractivity contribution in [3.63, 3.8) is 0 Å². The molecule has 0 amide bonds. The van der Waals surface area contributed by atoms with Crippen LogP contribution in [0.4, 0.5) is 8.78 Å². The Labute approximate surface area is 109 Å². The molecule has 1 aromatic carbocycles. The molecule has 0 saturated carbocycles. The van der Waals surface area contributed by atoms with Crippen LogP contribution >= 0.6 is 0 Å². The summed E-state index contributed by atoms with van der Waals surface area (Å²) in [5.41, 5.74) is 0.534. The third-order valence-corrected chi connectivity index (χ3v) is 3.31. The third-order valence-electron chi connectivity index (χ3n) is 3.31. The van der Waals surface area contributed by atoms with Crippen LogP contribution in [0.15, 0.2) is 18.2 Å². The Balaban J connectivity index is 2.65. The topological polar surface area (TPSA) is 12.0 Å². The average Bonchev–Trinajstić information content (AvgIpc) is 2.34. The molecule has 0 aliphatic rings. The van der Waals surface area contributed by atoms with Crippen molar-refractivity contribution < 1.29 is 8.78 Å². The van der Waals surface area contributed by atoms with Crippen LogP contribution in [0.25, 0.3) is 0 Å². The lowest BCUT2D eigenvalue weighted by Gasteiger charge is -2.23. The van der Waals surface area contributed by atoms with Crippen molar-refractivity contribution >= 4 is 0 Å². The van der Waals surface area contributed by atoms with E-state index in [4.69, 9.17) is 0 Å². The summed E-state index contributed by atoms with van der Waals surface area (Å²) >= 11 is 0. The summed E-state index contributed by atoms with van der Waals surface area (Å²) in [5.74, 6) is -0.998. The van der Waals surface area contributed by atoms with E-state index in [1.807, 2.05) is 6.92 Å². The van der Waals surface area contributed by atoms with E-state index in [1.54, 1.807) is 0 Å². The molecule has 2 atom stereocenters. The van der Waals surface area contributed by atoms with Crippen LogP contribution in [-0.2, 0) is 0 Å². The molecule has 1 aromatic rings. The van der Waals surface area contributed by atoms with Crippen molar-refractivity contribution in [3.8, 4) is 0 Å². The fourth-order valence-electron chi connectivity index (χ4n) is 2.15. The molecule has 0 aliphatic heterocycles. The van der Waals surface area contributed by atoms with Crippen molar-refractivity contribution in [1.29, 1.82) is 0 Å². The number of nitrogens with one attached hydrogen (secondary N) is 1. The Morgan fingerprint density at radius 2 is 1.94 bits per heavy atom. The molecule has 102 valence electrons. The van der Waals surface area contributed by atoms with Gasteiger partial charge in [-0.25, -0.2) is 8.78 Å². The molecule has 3 heteroatoms. The minimum absolute atomic E-state index is 0.0904. The van der Waals surface area contributed by atoms with Gasteiger partial charge >= 0.3 is 0 Å². The minimum Gasteiger partial charge on any atom is -0.307 e. The van der Waals surface area contributed by atoms with E-state index in [9.17, 15) is 8.78 Å². The summed E-state index contributed by atoms with van der Waals surface area (Å²) in [5, 5.41) is 3.42. The average molecular weight is 255 g/mol. The molecule has 1 nitrogen and oxygen atoms in total. The lowest BCUT2D eigenvalue weighted by Crippen LogP contribution is -2.31. The highest BCUT2D eigenvalue weighted by atomic mass is 19.1. The van der Waals surface area contributed by atoms with Crippen molar-refractivity contribution in [1.82, 2.24) is 5.32 Å². The number of unbranched alkanes of at least 4 members (excludes halogenated alkanes) is 1. The maximum absolute atomic E-state index is 13.6. The zero-order chi connectivity index (χ0) is 13.5. The van der Waals surface area contributed by atoms with Gasteiger partial charge in [0, 0.05) is 23.7 Å². The van der Waals surface area contributed by atoms with Gasteiger partial charge < -0.3 is 5.32 Å². The minimum atomic E-state index is -0.526. The molecule has 1 N–H and O–H groups in total. The van der Waals surface area contributed by atoms with Crippen molar-refractivity contribution in [2.45, 2.75) is 58.5 Å². The second kappa shape index (κ2) is 7.47. The van der Waals surface area contributed by atoms with Gasteiger partial charge in [0.2, 0.25) is 0 Å². The number of rotatable bonds is 7. The van der Waals surface area contributed by atoms with Crippen LogP contribution < -0.4 is 5.32 Å². The Kier molecular flexibility index (Phi) is 6.27. The zero-order valence-electron chi connectivity index (χ0n) is 11.5. The molecule has 0 aromatic heterocycles. The molecule has 0 bridgehead atoms. The summed E-state index contributed by atoms with van der Waals surface area (Å²) in [6, 6.07) is 4.08. The fraction of sp³-hybridized carbons (Fsp3) is 0.600. The van der Waals surface area contributed by atoms with Crippen LogP contribution in [0.2, 0.25) is 0 Å². The molecule has 2 unspecified atom stereocenters. The SMILES string of the molecule is CCCCC(CC)NC(C)c1ccc(F)cc1F.